The van der Waals surface area contributed by atoms with Gasteiger partial charge in [-0.15, -0.1) is 11.3 Å². The first-order valence-electron chi connectivity index (χ1n) is 3.65. The number of carbonyl (C=O) groups excluding carboxylic acids is 1. The number of ether oxygens (including phenoxy) is 1. The lowest BCUT2D eigenvalue weighted by Crippen LogP contribution is -1.94. The van der Waals surface area contributed by atoms with Crippen LogP contribution in [0.3, 0.4) is 0 Å². The van der Waals surface area contributed by atoms with E-state index in [2.05, 4.69) is 4.74 Å². The average molecular weight is 217 g/mol. The first kappa shape index (κ1) is 10.3. The third-order valence-electron chi connectivity index (χ3n) is 1.50. The number of esters is 1. The molecule has 0 aliphatic rings. The lowest BCUT2D eigenvalue weighted by Gasteiger charge is -1.95. The second-order valence-electron chi connectivity index (χ2n) is 2.45. The molecule has 0 spiro atoms. The molecule has 70 valence electrons. The maximum Gasteiger partial charge on any atom is 0.330 e. The van der Waals surface area contributed by atoms with E-state index in [0.717, 1.165) is 10.5 Å². The van der Waals surface area contributed by atoms with Crippen molar-refractivity contribution in [1.29, 1.82) is 0 Å². The Balaban J connectivity index is 2.84. The van der Waals surface area contributed by atoms with Crippen molar-refractivity contribution in [1.82, 2.24) is 0 Å². The zero-order chi connectivity index (χ0) is 9.84. The SMILES string of the molecule is COC(=O)/C=C(/C)c1ccc(Cl)s1. The molecule has 0 atom stereocenters. The summed E-state index contributed by atoms with van der Waals surface area (Å²) in [6, 6.07) is 3.68. The molecule has 0 radical (unpaired) electrons. The van der Waals surface area contributed by atoms with E-state index in [9.17, 15) is 4.79 Å². The van der Waals surface area contributed by atoms with E-state index < -0.39 is 0 Å². The van der Waals surface area contributed by atoms with Crippen molar-refractivity contribution in [2.75, 3.05) is 7.11 Å². The molecule has 0 bridgehead atoms. The Kier molecular flexibility index (Phi) is 3.51. The van der Waals surface area contributed by atoms with Crippen molar-refractivity contribution in [3.05, 3.63) is 27.4 Å². The van der Waals surface area contributed by atoms with Crippen molar-refractivity contribution in [3.63, 3.8) is 0 Å². The van der Waals surface area contributed by atoms with Crippen molar-refractivity contribution in [3.8, 4) is 0 Å². The average Bonchev–Trinajstić information content (AvgIpc) is 2.51. The molecule has 0 unspecified atom stereocenters. The zero-order valence-corrected chi connectivity index (χ0v) is 8.91. The van der Waals surface area contributed by atoms with Gasteiger partial charge in [0.15, 0.2) is 0 Å². The quantitative estimate of drug-likeness (QED) is 0.561. The molecule has 0 saturated carbocycles. The molecule has 0 aliphatic carbocycles. The first-order chi connectivity index (χ1) is 6.13. The Labute approximate surface area is 85.8 Å². The summed E-state index contributed by atoms with van der Waals surface area (Å²) >= 11 is 7.19. The van der Waals surface area contributed by atoms with Gasteiger partial charge in [-0.2, -0.15) is 0 Å². The van der Waals surface area contributed by atoms with Gasteiger partial charge in [0.1, 0.15) is 0 Å². The normalized spacial score (nSPS) is 11.5. The number of carbonyl (C=O) groups is 1. The molecule has 0 aliphatic heterocycles. The third-order valence-corrected chi connectivity index (χ3v) is 2.86. The van der Waals surface area contributed by atoms with Crippen LogP contribution in [0.5, 0.6) is 0 Å². The summed E-state index contributed by atoms with van der Waals surface area (Å²) in [5.41, 5.74) is 0.865. The summed E-state index contributed by atoms with van der Waals surface area (Å²) in [6.07, 6.45) is 1.45. The first-order valence-corrected chi connectivity index (χ1v) is 4.85. The van der Waals surface area contributed by atoms with E-state index in [1.54, 1.807) is 6.07 Å². The molecule has 2 nitrogen and oxygen atoms in total. The van der Waals surface area contributed by atoms with Crippen LogP contribution in [-0.2, 0) is 9.53 Å². The van der Waals surface area contributed by atoms with Crippen molar-refractivity contribution < 1.29 is 9.53 Å². The molecule has 1 rings (SSSR count). The van der Waals surface area contributed by atoms with Gasteiger partial charge in [0, 0.05) is 11.0 Å². The molecule has 13 heavy (non-hydrogen) atoms. The summed E-state index contributed by atoms with van der Waals surface area (Å²) in [5.74, 6) is -0.345. The molecule has 0 aromatic carbocycles. The second kappa shape index (κ2) is 4.44. The molecule has 1 heterocycles. The Morgan fingerprint density at radius 2 is 2.31 bits per heavy atom. The van der Waals surface area contributed by atoms with Gasteiger partial charge in [0.05, 0.1) is 11.4 Å². The number of halogens is 1. The van der Waals surface area contributed by atoms with Crippen LogP contribution in [0.2, 0.25) is 4.34 Å². The maximum absolute atomic E-state index is 10.9. The van der Waals surface area contributed by atoms with Gasteiger partial charge in [-0.25, -0.2) is 4.79 Å². The predicted molar refractivity (Wildman–Crippen MR) is 55.0 cm³/mol. The Morgan fingerprint density at radius 1 is 1.62 bits per heavy atom. The highest BCUT2D eigenvalue weighted by molar-refractivity contribution is 7.17. The zero-order valence-electron chi connectivity index (χ0n) is 7.33. The fourth-order valence-corrected chi connectivity index (χ4v) is 1.85. The smallest absolute Gasteiger partial charge is 0.330 e. The minimum absolute atomic E-state index is 0.345. The summed E-state index contributed by atoms with van der Waals surface area (Å²) < 4.78 is 5.22. The van der Waals surface area contributed by atoms with Crippen LogP contribution >= 0.6 is 22.9 Å². The number of methoxy groups -OCH3 is 1. The van der Waals surface area contributed by atoms with Crippen molar-refractivity contribution in [2.45, 2.75) is 6.92 Å². The van der Waals surface area contributed by atoms with Crippen LogP contribution < -0.4 is 0 Å². The van der Waals surface area contributed by atoms with E-state index in [1.165, 1.54) is 24.5 Å². The van der Waals surface area contributed by atoms with Crippen LogP contribution in [0.15, 0.2) is 18.2 Å². The number of rotatable bonds is 2. The van der Waals surface area contributed by atoms with Gasteiger partial charge in [0.2, 0.25) is 0 Å². The fraction of sp³-hybridized carbons (Fsp3) is 0.222. The highest BCUT2D eigenvalue weighted by Gasteiger charge is 2.02. The van der Waals surface area contributed by atoms with Crippen LogP contribution in [0, 0.1) is 0 Å². The molecule has 0 saturated heterocycles. The molecule has 0 fully saturated rings. The van der Waals surface area contributed by atoms with Crippen LogP contribution in [0.25, 0.3) is 5.57 Å². The van der Waals surface area contributed by atoms with Crippen LogP contribution in [0.4, 0.5) is 0 Å². The van der Waals surface area contributed by atoms with Gasteiger partial charge in [-0.3, -0.25) is 0 Å². The van der Waals surface area contributed by atoms with E-state index in [4.69, 9.17) is 11.6 Å². The van der Waals surface area contributed by atoms with E-state index in [1.807, 2.05) is 13.0 Å². The third kappa shape index (κ3) is 2.86. The highest BCUT2D eigenvalue weighted by Crippen LogP contribution is 2.27. The van der Waals surface area contributed by atoms with Gasteiger partial charge < -0.3 is 4.74 Å². The topological polar surface area (TPSA) is 26.3 Å². The van der Waals surface area contributed by atoms with Gasteiger partial charge >= 0.3 is 5.97 Å². The number of allylic oxidation sites excluding steroid dienone is 1. The van der Waals surface area contributed by atoms with Crippen molar-refractivity contribution >= 4 is 34.5 Å². The maximum atomic E-state index is 10.9. The number of thiophene rings is 1. The minimum atomic E-state index is -0.345. The van der Waals surface area contributed by atoms with Crippen LogP contribution in [0.1, 0.15) is 11.8 Å². The lowest BCUT2D eigenvalue weighted by atomic mass is 10.2. The van der Waals surface area contributed by atoms with E-state index in [-0.39, 0.29) is 5.97 Å². The second-order valence-corrected chi connectivity index (χ2v) is 4.17. The Bertz CT molecular complexity index is 341. The molecule has 1 aromatic heterocycles. The monoisotopic (exact) mass is 216 g/mol. The lowest BCUT2D eigenvalue weighted by molar-refractivity contribution is -0.134. The van der Waals surface area contributed by atoms with Gasteiger partial charge in [-0.1, -0.05) is 11.6 Å². The summed E-state index contributed by atoms with van der Waals surface area (Å²) in [7, 11) is 1.35. The molecule has 4 heteroatoms. The fourth-order valence-electron chi connectivity index (χ4n) is 0.833. The van der Waals surface area contributed by atoms with E-state index in [0.29, 0.717) is 4.34 Å². The summed E-state index contributed by atoms with van der Waals surface area (Å²) in [6.45, 7) is 1.85. The Morgan fingerprint density at radius 3 is 2.77 bits per heavy atom. The van der Waals surface area contributed by atoms with Gasteiger partial charge in [0.25, 0.3) is 0 Å². The highest BCUT2D eigenvalue weighted by atomic mass is 35.5. The molecular weight excluding hydrogens is 208 g/mol. The summed E-state index contributed by atoms with van der Waals surface area (Å²) in [5, 5.41) is 0. The number of hydrogen-bond donors (Lipinski definition) is 0. The standard InChI is InChI=1S/C9H9ClO2S/c1-6(5-9(11)12-2)7-3-4-8(10)13-7/h3-5H,1-2H3/b6-5-. The minimum Gasteiger partial charge on any atom is -0.466 e. The summed E-state index contributed by atoms with van der Waals surface area (Å²) in [4.78, 5) is 11.9. The molecular formula is C9H9ClO2S. The van der Waals surface area contributed by atoms with E-state index >= 15 is 0 Å². The molecule has 0 N–H and O–H groups in total. The molecule has 1 aromatic rings. The van der Waals surface area contributed by atoms with Gasteiger partial charge in [-0.05, 0) is 24.6 Å². The Hall–Kier alpha value is -0.800. The van der Waals surface area contributed by atoms with Crippen molar-refractivity contribution in [2.24, 2.45) is 0 Å². The predicted octanol–water partition coefficient (Wildman–Crippen LogP) is 2.98. The molecule has 0 amide bonds. The van der Waals surface area contributed by atoms with Crippen LogP contribution in [-0.4, -0.2) is 13.1 Å². The number of hydrogen-bond acceptors (Lipinski definition) is 3. The largest absolute Gasteiger partial charge is 0.466 e.